The predicted molar refractivity (Wildman–Crippen MR) is 78.4 cm³/mol. The lowest BCUT2D eigenvalue weighted by Crippen LogP contribution is -2.42. The molecule has 0 amide bonds. The molecule has 3 heteroatoms. The molecule has 0 heterocycles. The summed E-state index contributed by atoms with van der Waals surface area (Å²) in [5.74, 6) is 0. The lowest BCUT2D eigenvalue weighted by atomic mass is 10.1. The highest BCUT2D eigenvalue weighted by Gasteiger charge is 2.20. The van der Waals surface area contributed by atoms with Crippen molar-refractivity contribution in [3.05, 3.63) is 35.4 Å². The third kappa shape index (κ3) is 4.00. The molecule has 1 aliphatic rings. The van der Waals surface area contributed by atoms with Gasteiger partial charge in [-0.3, -0.25) is 0 Å². The van der Waals surface area contributed by atoms with Crippen LogP contribution in [0.4, 0.5) is 0 Å². The van der Waals surface area contributed by atoms with E-state index in [-0.39, 0.29) is 0 Å². The first-order valence-corrected chi connectivity index (χ1v) is 6.61. The highest BCUT2D eigenvalue weighted by molar-refractivity contribution is 7.80. The van der Waals surface area contributed by atoms with Gasteiger partial charge in [-0.15, -0.1) is 0 Å². The summed E-state index contributed by atoms with van der Waals surface area (Å²) in [5.41, 5.74) is 2.84. The maximum atomic E-state index is 7.04. The number of hydrogen-bond acceptors (Lipinski definition) is 1. The largest absolute Gasteiger partial charge is 0.363 e. The lowest BCUT2D eigenvalue weighted by Gasteiger charge is -2.14. The quantitative estimate of drug-likeness (QED) is 0.791. The average Bonchev–Trinajstić information content (AvgIpc) is 2.80. The molecule has 0 saturated heterocycles. The van der Waals surface area contributed by atoms with E-state index in [0.717, 1.165) is 12.8 Å². The van der Waals surface area contributed by atoms with E-state index >= 15 is 0 Å². The van der Waals surface area contributed by atoms with E-state index in [1.165, 1.54) is 11.1 Å². The van der Waals surface area contributed by atoms with Gasteiger partial charge in [0.1, 0.15) is 0 Å². The van der Waals surface area contributed by atoms with E-state index in [4.69, 9.17) is 13.6 Å². The van der Waals surface area contributed by atoms with E-state index < -0.39 is 0 Å². The standard InChI is InChI=1S/C12H16N2S.C2H6/c1-2-13-12(15)14-11-7-9-5-3-4-6-10(9)8-11;1-2/h3-6,11H,2,7-8H2,1H3,(H2,13,14,15);1-2H3/i1T;. The third-order valence-corrected chi connectivity index (χ3v) is 2.93. The van der Waals surface area contributed by atoms with Crippen LogP contribution in [0.1, 0.15) is 33.2 Å². The van der Waals surface area contributed by atoms with Crippen LogP contribution in [0, 0.1) is 0 Å². The molecule has 0 atom stereocenters. The van der Waals surface area contributed by atoms with E-state index in [2.05, 4.69) is 34.9 Å². The first-order chi connectivity index (χ1) is 8.79. The van der Waals surface area contributed by atoms with Crippen LogP contribution >= 0.6 is 12.2 Å². The van der Waals surface area contributed by atoms with Gasteiger partial charge >= 0.3 is 0 Å². The number of fused-ring (bicyclic) bond motifs is 1. The highest BCUT2D eigenvalue weighted by atomic mass is 32.1. The van der Waals surface area contributed by atoms with Crippen molar-refractivity contribution in [2.24, 2.45) is 0 Å². The number of rotatable bonds is 2. The van der Waals surface area contributed by atoms with Crippen molar-refractivity contribution >= 4 is 17.3 Å². The normalized spacial score (nSPS) is 14.1. The number of benzene rings is 1. The molecule has 0 unspecified atom stereocenters. The Morgan fingerprint density at radius 1 is 1.35 bits per heavy atom. The summed E-state index contributed by atoms with van der Waals surface area (Å²) >= 11 is 5.16. The summed E-state index contributed by atoms with van der Waals surface area (Å²) in [6.45, 7) is 4.97. The van der Waals surface area contributed by atoms with Gasteiger partial charge in [0.2, 0.25) is 0 Å². The van der Waals surface area contributed by atoms with Gasteiger partial charge in [0.25, 0.3) is 0 Å². The van der Waals surface area contributed by atoms with Crippen molar-refractivity contribution < 1.29 is 1.37 Å². The Morgan fingerprint density at radius 3 is 2.47 bits per heavy atom. The number of hydrogen-bond donors (Lipinski definition) is 2. The van der Waals surface area contributed by atoms with Gasteiger partial charge in [0, 0.05) is 14.0 Å². The molecule has 2 nitrogen and oxygen atoms in total. The van der Waals surface area contributed by atoms with E-state index in [0.29, 0.717) is 24.6 Å². The van der Waals surface area contributed by atoms with Crippen LogP contribution in [-0.4, -0.2) is 17.7 Å². The third-order valence-electron chi connectivity index (χ3n) is 2.67. The van der Waals surface area contributed by atoms with Crippen molar-refractivity contribution in [1.29, 1.82) is 0 Å². The zero-order valence-electron chi connectivity index (χ0n) is 11.6. The molecule has 0 radical (unpaired) electrons. The van der Waals surface area contributed by atoms with E-state index in [9.17, 15) is 0 Å². The van der Waals surface area contributed by atoms with Crippen LogP contribution in [0.5, 0.6) is 0 Å². The van der Waals surface area contributed by atoms with Crippen LogP contribution < -0.4 is 10.6 Å². The van der Waals surface area contributed by atoms with Gasteiger partial charge in [-0.2, -0.15) is 0 Å². The summed E-state index contributed by atoms with van der Waals surface area (Å²) in [7, 11) is 0. The van der Waals surface area contributed by atoms with E-state index in [1.807, 2.05) is 13.8 Å². The molecular formula is C14H22N2S. The van der Waals surface area contributed by atoms with Gasteiger partial charge in [0.05, 0.1) is 0 Å². The molecule has 1 aliphatic carbocycles. The maximum Gasteiger partial charge on any atom is 0.166 e. The molecule has 17 heavy (non-hydrogen) atoms. The average molecular weight is 252 g/mol. The minimum atomic E-state index is 0.354. The van der Waals surface area contributed by atoms with Crippen LogP contribution in [0.25, 0.3) is 0 Å². The first kappa shape index (κ1) is 12.4. The Kier molecular flexibility index (Phi) is 5.30. The smallest absolute Gasteiger partial charge is 0.166 e. The Bertz CT molecular complexity index is 357. The fraction of sp³-hybridized carbons (Fsp3) is 0.500. The van der Waals surface area contributed by atoms with Gasteiger partial charge in [-0.05, 0) is 43.1 Å². The predicted octanol–water partition coefficient (Wildman–Crippen LogP) is 2.66. The van der Waals surface area contributed by atoms with Gasteiger partial charge in [0.15, 0.2) is 5.11 Å². The lowest BCUT2D eigenvalue weighted by molar-refractivity contribution is 0.636. The van der Waals surface area contributed by atoms with Gasteiger partial charge < -0.3 is 10.6 Å². The molecule has 1 aromatic carbocycles. The minimum Gasteiger partial charge on any atom is -0.363 e. The zero-order valence-corrected chi connectivity index (χ0v) is 11.4. The van der Waals surface area contributed by atoms with Crippen molar-refractivity contribution in [2.75, 3.05) is 6.54 Å². The van der Waals surface area contributed by atoms with Crippen molar-refractivity contribution in [2.45, 2.75) is 39.6 Å². The van der Waals surface area contributed by atoms with E-state index in [1.54, 1.807) is 0 Å². The molecule has 2 rings (SSSR count). The molecule has 0 bridgehead atoms. The van der Waals surface area contributed by atoms with Crippen molar-refractivity contribution in [3.63, 3.8) is 0 Å². The summed E-state index contributed by atoms with van der Waals surface area (Å²) in [5, 5.41) is 6.99. The minimum absolute atomic E-state index is 0.354. The van der Waals surface area contributed by atoms with Crippen LogP contribution in [0.15, 0.2) is 24.3 Å². The monoisotopic (exact) mass is 252 g/mol. The van der Waals surface area contributed by atoms with Crippen LogP contribution in [0.2, 0.25) is 0 Å². The van der Waals surface area contributed by atoms with Crippen molar-refractivity contribution in [3.8, 4) is 0 Å². The summed E-state index contributed by atoms with van der Waals surface area (Å²) in [6.07, 6.45) is 2.08. The number of thiocarbonyl (C=S) groups is 1. The van der Waals surface area contributed by atoms with Crippen molar-refractivity contribution in [1.82, 2.24) is 10.6 Å². The maximum absolute atomic E-state index is 7.04. The van der Waals surface area contributed by atoms with Gasteiger partial charge in [-0.1, -0.05) is 38.1 Å². The molecule has 0 aliphatic heterocycles. The Balaban J connectivity index is 0.000000771. The summed E-state index contributed by atoms with van der Waals surface area (Å²) in [4.78, 5) is 0. The molecule has 0 aromatic heterocycles. The fourth-order valence-corrected chi connectivity index (χ4v) is 2.28. The molecule has 94 valence electrons. The fourth-order valence-electron chi connectivity index (χ4n) is 2.01. The number of nitrogens with one attached hydrogen (secondary N) is 2. The second-order valence-corrected chi connectivity index (χ2v) is 4.18. The van der Waals surface area contributed by atoms with Gasteiger partial charge in [-0.25, -0.2) is 0 Å². The SMILES string of the molecule is CC.[3H]CCNC(=S)NC1Cc2ccccc2C1. The Morgan fingerprint density at radius 2 is 1.94 bits per heavy atom. The second kappa shape index (κ2) is 7.28. The summed E-state index contributed by atoms with van der Waals surface area (Å²) in [6, 6.07) is 8.92. The zero-order chi connectivity index (χ0) is 13.4. The molecule has 1 aromatic rings. The molecule has 0 spiro atoms. The van der Waals surface area contributed by atoms with Crippen LogP contribution in [-0.2, 0) is 12.8 Å². The molecule has 0 saturated carbocycles. The van der Waals surface area contributed by atoms with Crippen LogP contribution in [0.3, 0.4) is 0 Å². The Hall–Kier alpha value is -1.09. The molecular weight excluding hydrogens is 228 g/mol. The molecule has 2 N–H and O–H groups in total. The second-order valence-electron chi connectivity index (χ2n) is 3.77. The first-order valence-electron chi connectivity index (χ1n) is 6.90. The Labute approximate surface area is 111 Å². The molecule has 0 fully saturated rings. The highest BCUT2D eigenvalue weighted by Crippen LogP contribution is 2.21. The topological polar surface area (TPSA) is 24.1 Å². The summed E-state index contributed by atoms with van der Waals surface area (Å²) < 4.78 is 7.04.